The predicted octanol–water partition coefficient (Wildman–Crippen LogP) is 4.66. The van der Waals surface area contributed by atoms with Crippen LogP contribution in [-0.4, -0.2) is 51.5 Å². The van der Waals surface area contributed by atoms with E-state index in [4.69, 9.17) is 59.2 Å². The van der Waals surface area contributed by atoms with Crippen LogP contribution in [0.5, 0.6) is 0 Å². The number of esters is 1. The highest BCUT2D eigenvalue weighted by Gasteiger charge is 2.50. The van der Waals surface area contributed by atoms with Crippen molar-refractivity contribution in [3.63, 3.8) is 0 Å². The van der Waals surface area contributed by atoms with E-state index in [2.05, 4.69) is 0 Å². The number of halogens is 3. The molecule has 0 aromatic heterocycles. The number of ether oxygens (including phenoxy) is 4. The molecule has 0 radical (unpaired) electrons. The first-order valence-electron chi connectivity index (χ1n) is 10.3. The molecular weight excluding hydrogens is 493 g/mol. The highest BCUT2D eigenvalue weighted by Crippen LogP contribution is 2.33. The average molecular weight is 517 g/mol. The van der Waals surface area contributed by atoms with Crippen molar-refractivity contribution in [2.24, 2.45) is 0 Å². The van der Waals surface area contributed by atoms with E-state index in [0.29, 0.717) is 6.42 Å². The summed E-state index contributed by atoms with van der Waals surface area (Å²) in [6.45, 7) is 2.04. The number of alkyl halides is 3. The van der Waals surface area contributed by atoms with Crippen molar-refractivity contribution in [3.8, 4) is 0 Å². The first-order chi connectivity index (χ1) is 15.7. The Morgan fingerprint density at radius 3 is 2.21 bits per heavy atom. The highest BCUT2D eigenvalue weighted by molar-refractivity contribution is 6.76. The van der Waals surface area contributed by atoms with Gasteiger partial charge in [-0.05, 0) is 24.1 Å². The van der Waals surface area contributed by atoms with Crippen molar-refractivity contribution in [3.05, 3.63) is 71.8 Å². The second-order valence-electron chi connectivity index (χ2n) is 7.38. The molecule has 7 nitrogen and oxygen atoms in total. The summed E-state index contributed by atoms with van der Waals surface area (Å²) in [6.07, 6.45) is -5.12. The van der Waals surface area contributed by atoms with Crippen LogP contribution in [-0.2, 0) is 25.6 Å². The molecule has 1 aliphatic rings. The summed E-state index contributed by atoms with van der Waals surface area (Å²) in [7, 11) is 0. The molecular formula is C23H24Cl3NO6. The number of nitrogens with one attached hydrogen (secondary N) is 1. The van der Waals surface area contributed by atoms with Gasteiger partial charge in [-0.3, -0.25) is 5.41 Å². The molecule has 178 valence electrons. The Balaban J connectivity index is 1.83. The van der Waals surface area contributed by atoms with Gasteiger partial charge in [-0.2, -0.15) is 0 Å². The van der Waals surface area contributed by atoms with E-state index in [9.17, 15) is 9.90 Å². The van der Waals surface area contributed by atoms with Crippen LogP contribution in [0.15, 0.2) is 60.7 Å². The van der Waals surface area contributed by atoms with Gasteiger partial charge in [0.25, 0.3) is 3.79 Å². The van der Waals surface area contributed by atoms with Crippen molar-refractivity contribution in [2.45, 2.75) is 54.4 Å². The van der Waals surface area contributed by atoms with Gasteiger partial charge in [0.05, 0.1) is 18.3 Å². The Hall–Kier alpha value is -1.87. The zero-order valence-electron chi connectivity index (χ0n) is 17.7. The molecule has 0 aliphatic carbocycles. The SMILES string of the molecule is CCC1O[C@@H](OC(=N)C(Cl)(Cl)Cl)C(OC(=O)c2ccccc2)[C@@H](O)[C@H]1OCc1ccccc1. The Kier molecular flexibility index (Phi) is 8.98. The molecule has 0 amide bonds. The largest absolute Gasteiger partial charge is 0.449 e. The number of aliphatic hydroxyl groups is 1. The lowest BCUT2D eigenvalue weighted by Gasteiger charge is -2.43. The summed E-state index contributed by atoms with van der Waals surface area (Å²) in [5.41, 5.74) is 1.16. The summed E-state index contributed by atoms with van der Waals surface area (Å²) >= 11 is 17.2. The lowest BCUT2D eigenvalue weighted by Crippen LogP contribution is -2.60. The lowest BCUT2D eigenvalue weighted by atomic mass is 9.96. The van der Waals surface area contributed by atoms with E-state index >= 15 is 0 Å². The van der Waals surface area contributed by atoms with Crippen molar-refractivity contribution < 1.29 is 28.8 Å². The summed E-state index contributed by atoms with van der Waals surface area (Å²) in [6, 6.07) is 17.6. The van der Waals surface area contributed by atoms with E-state index in [0.717, 1.165) is 5.56 Å². The molecule has 5 atom stereocenters. The van der Waals surface area contributed by atoms with Crippen LogP contribution >= 0.6 is 34.8 Å². The zero-order valence-corrected chi connectivity index (χ0v) is 20.0. The van der Waals surface area contributed by atoms with Crippen LogP contribution in [0.2, 0.25) is 0 Å². The van der Waals surface area contributed by atoms with Crippen molar-refractivity contribution in [2.75, 3.05) is 0 Å². The normalized spacial score (nSPS) is 25.3. The van der Waals surface area contributed by atoms with Gasteiger partial charge in [0, 0.05) is 0 Å². The molecule has 2 N–H and O–H groups in total. The molecule has 1 aliphatic heterocycles. The summed E-state index contributed by atoms with van der Waals surface area (Å²) < 4.78 is 20.7. The maximum atomic E-state index is 12.7. The highest BCUT2D eigenvalue weighted by atomic mass is 35.6. The monoisotopic (exact) mass is 515 g/mol. The molecule has 1 saturated heterocycles. The molecule has 1 heterocycles. The van der Waals surface area contributed by atoms with Gasteiger partial charge < -0.3 is 24.1 Å². The average Bonchev–Trinajstić information content (AvgIpc) is 2.81. The van der Waals surface area contributed by atoms with E-state index in [1.54, 1.807) is 30.3 Å². The second-order valence-corrected chi connectivity index (χ2v) is 9.66. The minimum atomic E-state index is -2.16. The van der Waals surface area contributed by atoms with Crippen LogP contribution in [0.1, 0.15) is 29.3 Å². The van der Waals surface area contributed by atoms with Gasteiger partial charge in [0.1, 0.15) is 12.2 Å². The Morgan fingerprint density at radius 1 is 1.03 bits per heavy atom. The summed E-state index contributed by atoms with van der Waals surface area (Å²) in [5, 5.41) is 19.1. The van der Waals surface area contributed by atoms with E-state index in [-0.39, 0.29) is 12.2 Å². The van der Waals surface area contributed by atoms with Crippen LogP contribution in [0.3, 0.4) is 0 Å². The van der Waals surface area contributed by atoms with Crippen molar-refractivity contribution in [1.82, 2.24) is 0 Å². The fourth-order valence-electron chi connectivity index (χ4n) is 3.37. The molecule has 33 heavy (non-hydrogen) atoms. The molecule has 2 aromatic carbocycles. The lowest BCUT2D eigenvalue weighted by molar-refractivity contribution is -0.286. The molecule has 0 saturated carbocycles. The van der Waals surface area contributed by atoms with Crippen LogP contribution in [0.4, 0.5) is 0 Å². The molecule has 1 fully saturated rings. The standard InChI is InChI=1S/C23H24Cl3NO6/c1-2-16-18(30-13-14-9-5-3-6-10-14)17(28)19(21(31-16)33-22(27)23(24,25)26)32-20(29)15-11-7-4-8-12-15/h3-12,16-19,21,27-28H,2,13H2,1H3/t16?,17-,18-,19?,21-/m0/s1. The number of benzene rings is 2. The number of hydrogen-bond donors (Lipinski definition) is 2. The minimum Gasteiger partial charge on any atom is -0.449 e. The van der Waals surface area contributed by atoms with Crippen LogP contribution < -0.4 is 0 Å². The smallest absolute Gasteiger partial charge is 0.338 e. The Labute approximate surface area is 207 Å². The quantitative estimate of drug-likeness (QED) is 0.240. The van der Waals surface area contributed by atoms with Gasteiger partial charge in [0.2, 0.25) is 12.2 Å². The van der Waals surface area contributed by atoms with Gasteiger partial charge >= 0.3 is 5.97 Å². The molecule has 2 unspecified atom stereocenters. The Bertz CT molecular complexity index is 925. The van der Waals surface area contributed by atoms with Gasteiger partial charge in [-0.15, -0.1) is 0 Å². The van der Waals surface area contributed by atoms with Gasteiger partial charge in [0.15, 0.2) is 6.10 Å². The third-order valence-electron chi connectivity index (χ3n) is 5.05. The minimum absolute atomic E-state index is 0.206. The van der Waals surface area contributed by atoms with Gasteiger partial charge in [-0.25, -0.2) is 4.79 Å². The summed E-state index contributed by atoms with van der Waals surface area (Å²) in [4.78, 5) is 12.7. The molecule has 0 bridgehead atoms. The zero-order chi connectivity index (χ0) is 24.0. The molecule has 2 aromatic rings. The first-order valence-corrected chi connectivity index (χ1v) is 11.4. The number of carbonyl (C=O) groups is 1. The van der Waals surface area contributed by atoms with E-state index in [1.807, 2.05) is 37.3 Å². The van der Waals surface area contributed by atoms with Crippen molar-refractivity contribution in [1.29, 1.82) is 5.41 Å². The fraction of sp³-hybridized carbons (Fsp3) is 0.391. The maximum Gasteiger partial charge on any atom is 0.338 e. The van der Waals surface area contributed by atoms with Crippen LogP contribution in [0, 0.1) is 5.41 Å². The Morgan fingerprint density at radius 2 is 1.64 bits per heavy atom. The third kappa shape index (κ3) is 6.82. The number of aliphatic hydroxyl groups excluding tert-OH is 1. The third-order valence-corrected chi connectivity index (χ3v) is 5.56. The molecule has 3 rings (SSSR count). The molecule has 10 heteroatoms. The number of hydrogen-bond acceptors (Lipinski definition) is 7. The van der Waals surface area contributed by atoms with Gasteiger partial charge in [-0.1, -0.05) is 90.3 Å². The second kappa shape index (κ2) is 11.5. The van der Waals surface area contributed by atoms with Crippen LogP contribution in [0.25, 0.3) is 0 Å². The summed E-state index contributed by atoms with van der Waals surface area (Å²) in [5.74, 6) is -1.45. The van der Waals surface area contributed by atoms with Crippen molar-refractivity contribution >= 4 is 46.7 Å². The first kappa shape index (κ1) is 25.7. The number of rotatable bonds is 7. The van der Waals surface area contributed by atoms with E-state index in [1.165, 1.54) is 0 Å². The fourth-order valence-corrected chi connectivity index (χ4v) is 3.50. The number of carbonyl (C=O) groups excluding carboxylic acids is 1. The van der Waals surface area contributed by atoms with E-state index < -0.39 is 46.4 Å². The topological polar surface area (TPSA) is 98.1 Å². The molecule has 0 spiro atoms. The maximum absolute atomic E-state index is 12.7. The predicted molar refractivity (Wildman–Crippen MR) is 125 cm³/mol.